The van der Waals surface area contributed by atoms with Gasteiger partial charge < -0.3 is 10.6 Å². The second-order valence-electron chi connectivity index (χ2n) is 4.31. The van der Waals surface area contributed by atoms with E-state index in [1.165, 1.54) is 11.3 Å². The lowest BCUT2D eigenvalue weighted by atomic mass is 10.0. The van der Waals surface area contributed by atoms with Gasteiger partial charge >= 0.3 is 0 Å². The molecule has 1 aromatic carbocycles. The van der Waals surface area contributed by atoms with Crippen LogP contribution in [0.25, 0.3) is 0 Å². The Hall–Kier alpha value is -1.02. The summed E-state index contributed by atoms with van der Waals surface area (Å²) in [5.41, 5.74) is 8.43. The van der Waals surface area contributed by atoms with Gasteiger partial charge in [-0.3, -0.25) is 0 Å². The number of nitrogens with two attached hydrogens (primary N) is 1. The van der Waals surface area contributed by atoms with E-state index in [0.29, 0.717) is 6.04 Å². The largest absolute Gasteiger partial charge is 0.372 e. The number of benzene rings is 1. The van der Waals surface area contributed by atoms with Crippen LogP contribution in [0.5, 0.6) is 0 Å². The molecule has 2 heteroatoms. The Bertz CT molecular complexity index is 290. The molecule has 0 aliphatic carbocycles. The van der Waals surface area contributed by atoms with Crippen LogP contribution in [0, 0.1) is 0 Å². The molecule has 1 rings (SSSR count). The molecule has 1 unspecified atom stereocenters. The molecule has 0 spiro atoms. The van der Waals surface area contributed by atoms with Gasteiger partial charge in [-0.25, -0.2) is 0 Å². The Balaban J connectivity index is 2.80. The highest BCUT2D eigenvalue weighted by molar-refractivity contribution is 5.47. The van der Waals surface area contributed by atoms with Gasteiger partial charge in [-0.15, -0.1) is 0 Å². The van der Waals surface area contributed by atoms with Gasteiger partial charge in [-0.1, -0.05) is 19.1 Å². The second kappa shape index (κ2) is 5.17. The third kappa shape index (κ3) is 2.96. The summed E-state index contributed by atoms with van der Waals surface area (Å²) in [5, 5.41) is 0. The molecule has 0 aliphatic rings. The monoisotopic (exact) mass is 206 g/mol. The highest BCUT2D eigenvalue weighted by Gasteiger charge is 2.06. The first-order chi connectivity index (χ1) is 7.06. The van der Waals surface area contributed by atoms with Crippen LogP contribution in [0.1, 0.15) is 38.8 Å². The normalized spacial score (nSPS) is 12.9. The van der Waals surface area contributed by atoms with Crippen LogP contribution in [0.15, 0.2) is 24.3 Å². The summed E-state index contributed by atoms with van der Waals surface area (Å²) in [7, 11) is 2.11. The number of hydrogen-bond donors (Lipinski definition) is 1. The van der Waals surface area contributed by atoms with Gasteiger partial charge in [0.25, 0.3) is 0 Å². The van der Waals surface area contributed by atoms with E-state index in [9.17, 15) is 0 Å². The molecule has 2 nitrogen and oxygen atoms in total. The lowest BCUT2D eigenvalue weighted by molar-refractivity contribution is 0.697. The highest BCUT2D eigenvalue weighted by atomic mass is 15.1. The highest BCUT2D eigenvalue weighted by Crippen LogP contribution is 2.19. The zero-order valence-electron chi connectivity index (χ0n) is 10.2. The van der Waals surface area contributed by atoms with Crippen molar-refractivity contribution in [2.75, 3.05) is 11.9 Å². The third-order valence-electron chi connectivity index (χ3n) is 2.94. The predicted molar refractivity (Wildman–Crippen MR) is 67.2 cm³/mol. The van der Waals surface area contributed by atoms with E-state index in [-0.39, 0.29) is 6.04 Å². The van der Waals surface area contributed by atoms with Crippen molar-refractivity contribution in [1.29, 1.82) is 0 Å². The smallest absolute Gasteiger partial charge is 0.0366 e. The van der Waals surface area contributed by atoms with Crippen molar-refractivity contribution in [3.63, 3.8) is 0 Å². The van der Waals surface area contributed by atoms with E-state index in [0.717, 1.165) is 6.42 Å². The topological polar surface area (TPSA) is 29.3 Å². The molecule has 0 amide bonds. The van der Waals surface area contributed by atoms with Gasteiger partial charge in [-0.2, -0.15) is 0 Å². The maximum atomic E-state index is 5.97. The molecule has 2 N–H and O–H groups in total. The van der Waals surface area contributed by atoms with Crippen molar-refractivity contribution < 1.29 is 0 Å². The fourth-order valence-corrected chi connectivity index (χ4v) is 1.49. The van der Waals surface area contributed by atoms with Crippen LogP contribution in [0.4, 0.5) is 5.69 Å². The molecule has 0 heterocycles. The molecule has 84 valence electrons. The lowest BCUT2D eigenvalue weighted by Gasteiger charge is -2.24. The standard InChI is InChI=1S/C13H22N2/c1-5-13(14)11-6-8-12(9-7-11)15(4)10(2)3/h6-10,13H,5,14H2,1-4H3. The quantitative estimate of drug-likeness (QED) is 0.820. The zero-order valence-corrected chi connectivity index (χ0v) is 10.2. The molecule has 0 aliphatic heterocycles. The summed E-state index contributed by atoms with van der Waals surface area (Å²) in [5.74, 6) is 0. The zero-order chi connectivity index (χ0) is 11.4. The first-order valence-corrected chi connectivity index (χ1v) is 5.64. The Morgan fingerprint density at radius 2 is 1.73 bits per heavy atom. The van der Waals surface area contributed by atoms with Gasteiger partial charge in [-0.05, 0) is 38.0 Å². The summed E-state index contributed by atoms with van der Waals surface area (Å²) in [6.07, 6.45) is 0.985. The molecule has 1 aromatic rings. The molecule has 0 bridgehead atoms. The second-order valence-corrected chi connectivity index (χ2v) is 4.31. The summed E-state index contributed by atoms with van der Waals surface area (Å²) >= 11 is 0. The minimum atomic E-state index is 0.170. The van der Waals surface area contributed by atoms with Crippen LogP contribution >= 0.6 is 0 Å². The van der Waals surface area contributed by atoms with Gasteiger partial charge in [0.05, 0.1) is 0 Å². The molecule has 1 atom stereocenters. The Labute approximate surface area is 93.1 Å². The van der Waals surface area contributed by atoms with Crippen LogP contribution in [-0.4, -0.2) is 13.1 Å². The molecular weight excluding hydrogens is 184 g/mol. The number of hydrogen-bond acceptors (Lipinski definition) is 2. The van der Waals surface area contributed by atoms with Crippen molar-refractivity contribution in [1.82, 2.24) is 0 Å². The molecule has 0 radical (unpaired) electrons. The average Bonchev–Trinajstić information content (AvgIpc) is 2.27. The molecule has 0 saturated heterocycles. The van der Waals surface area contributed by atoms with Crippen molar-refractivity contribution in [2.45, 2.75) is 39.3 Å². The van der Waals surface area contributed by atoms with Crippen molar-refractivity contribution in [2.24, 2.45) is 5.73 Å². The van der Waals surface area contributed by atoms with Crippen LogP contribution in [0.2, 0.25) is 0 Å². The molecule has 15 heavy (non-hydrogen) atoms. The van der Waals surface area contributed by atoms with Crippen LogP contribution in [-0.2, 0) is 0 Å². The summed E-state index contributed by atoms with van der Waals surface area (Å²) < 4.78 is 0. The fourth-order valence-electron chi connectivity index (χ4n) is 1.49. The fraction of sp³-hybridized carbons (Fsp3) is 0.538. The predicted octanol–water partition coefficient (Wildman–Crippen LogP) is 2.94. The molecular formula is C13H22N2. The maximum absolute atomic E-state index is 5.97. The molecule has 0 aromatic heterocycles. The Morgan fingerprint density at radius 3 is 2.13 bits per heavy atom. The van der Waals surface area contributed by atoms with Crippen LogP contribution < -0.4 is 10.6 Å². The van der Waals surface area contributed by atoms with E-state index < -0.39 is 0 Å². The minimum Gasteiger partial charge on any atom is -0.372 e. The minimum absolute atomic E-state index is 0.170. The van der Waals surface area contributed by atoms with Crippen molar-refractivity contribution in [3.05, 3.63) is 29.8 Å². The lowest BCUT2D eigenvalue weighted by Crippen LogP contribution is -2.25. The summed E-state index contributed by atoms with van der Waals surface area (Å²) in [6, 6.07) is 9.24. The van der Waals surface area contributed by atoms with Gasteiger partial charge in [0.2, 0.25) is 0 Å². The Kier molecular flexibility index (Phi) is 4.15. The third-order valence-corrected chi connectivity index (χ3v) is 2.94. The van der Waals surface area contributed by atoms with Crippen molar-refractivity contribution >= 4 is 5.69 Å². The number of nitrogens with zero attached hydrogens (tertiary/aromatic N) is 1. The maximum Gasteiger partial charge on any atom is 0.0366 e. The van der Waals surface area contributed by atoms with E-state index in [1.807, 2.05) is 0 Å². The van der Waals surface area contributed by atoms with Crippen molar-refractivity contribution in [3.8, 4) is 0 Å². The van der Waals surface area contributed by atoms with E-state index in [2.05, 4.69) is 57.0 Å². The van der Waals surface area contributed by atoms with Gasteiger partial charge in [0.1, 0.15) is 0 Å². The SMILES string of the molecule is CCC(N)c1ccc(N(C)C(C)C)cc1. The Morgan fingerprint density at radius 1 is 1.20 bits per heavy atom. The van der Waals surface area contributed by atoms with Gasteiger partial charge in [0.15, 0.2) is 0 Å². The van der Waals surface area contributed by atoms with Gasteiger partial charge in [0, 0.05) is 24.8 Å². The first kappa shape index (κ1) is 12.1. The average molecular weight is 206 g/mol. The number of anilines is 1. The van der Waals surface area contributed by atoms with E-state index in [4.69, 9.17) is 5.73 Å². The summed E-state index contributed by atoms with van der Waals surface area (Å²) in [4.78, 5) is 2.25. The molecule has 0 saturated carbocycles. The van der Waals surface area contributed by atoms with E-state index in [1.54, 1.807) is 0 Å². The van der Waals surface area contributed by atoms with Crippen LogP contribution in [0.3, 0.4) is 0 Å². The molecule has 0 fully saturated rings. The summed E-state index contributed by atoms with van der Waals surface area (Å²) in [6.45, 7) is 6.48. The van der Waals surface area contributed by atoms with E-state index >= 15 is 0 Å². The first-order valence-electron chi connectivity index (χ1n) is 5.64. The number of rotatable bonds is 4.